The van der Waals surface area contributed by atoms with Crippen LogP contribution in [0.1, 0.15) is 4.28 Å². The summed E-state index contributed by atoms with van der Waals surface area (Å²) in [6.45, 7) is 0. The summed E-state index contributed by atoms with van der Waals surface area (Å²) < 4.78 is 0. The second kappa shape index (κ2) is 16.0. The topological polar surface area (TPSA) is 0 Å². The molecule has 0 aliphatic heterocycles. The Morgan fingerprint density at radius 1 is 0.750 bits per heavy atom. The maximum Gasteiger partial charge on any atom is 1.00 e. The molecule has 0 heterocycles. The minimum atomic E-state index is 0. The summed E-state index contributed by atoms with van der Waals surface area (Å²) in [5.74, 6) is 0. The Labute approximate surface area is 110 Å². The van der Waals surface area contributed by atoms with Crippen LogP contribution in [-0.4, -0.2) is 0 Å². The van der Waals surface area contributed by atoms with E-state index in [0.29, 0.717) is 0 Å². The quantitative estimate of drug-likeness (QED) is 0.321. The van der Waals surface area contributed by atoms with E-state index in [1.54, 1.807) is 0 Å². The number of rotatable bonds is 0. The van der Waals surface area contributed by atoms with Crippen LogP contribution in [0.4, 0.5) is 0 Å². The summed E-state index contributed by atoms with van der Waals surface area (Å²) in [7, 11) is 0. The van der Waals surface area contributed by atoms with E-state index in [2.05, 4.69) is 0 Å². The molecule has 0 amide bonds. The van der Waals surface area contributed by atoms with Crippen molar-refractivity contribution in [3.05, 3.63) is 0 Å². The van der Waals surface area contributed by atoms with E-state index in [1.165, 1.54) is 0 Å². The van der Waals surface area contributed by atoms with Gasteiger partial charge in [-0.1, -0.05) is 0 Å². The van der Waals surface area contributed by atoms with E-state index >= 15 is 0 Å². The Bertz CT molecular complexity index is 10.1. The van der Waals surface area contributed by atoms with Crippen LogP contribution in [-0.2, 0) is 19.5 Å². The first kappa shape index (κ1) is 25.5. The third-order valence-corrected chi connectivity index (χ3v) is 0. The molecule has 4 heavy (non-hydrogen) atoms. The molecule has 1 radical (unpaired) electrons. The van der Waals surface area contributed by atoms with Gasteiger partial charge < -0.3 is 4.28 Å². The molecule has 0 spiro atoms. The maximum absolute atomic E-state index is 0. The summed E-state index contributed by atoms with van der Waals surface area (Å²) in [5, 5.41) is 0. The van der Waals surface area contributed by atoms with Crippen molar-refractivity contribution in [3.63, 3.8) is 0 Å². The first-order valence-corrected chi connectivity index (χ1v) is 0. The molecule has 4 heteroatoms. The summed E-state index contributed by atoms with van der Waals surface area (Å²) in [6, 6.07) is 0. The van der Waals surface area contributed by atoms with Gasteiger partial charge in [0, 0.05) is 19.5 Å². The van der Waals surface area contributed by atoms with Crippen molar-refractivity contribution >= 4 is 0 Å². The normalized spacial score (nSPS) is 0. The predicted octanol–water partition coefficient (Wildman–Crippen LogP) is -8.65. The summed E-state index contributed by atoms with van der Waals surface area (Å²) in [6.07, 6.45) is 0. The maximum atomic E-state index is 0. The second-order valence-corrected chi connectivity index (χ2v) is 0. The monoisotopic (exact) mass is 175 g/mol. The summed E-state index contributed by atoms with van der Waals surface area (Å²) in [4.78, 5) is 0. The average Bonchev–Trinajstić information content (AvgIpc) is 0. The Balaban J connectivity index is 0. The second-order valence-electron chi connectivity index (χ2n) is 0. The largest absolute Gasteiger partial charge is 1.00 e. The summed E-state index contributed by atoms with van der Waals surface area (Å²) in [5.41, 5.74) is 0. The van der Waals surface area contributed by atoms with Gasteiger partial charge in [0.25, 0.3) is 0 Å². The molecular weight excluding hydrogens is 172 g/mol. The van der Waals surface area contributed by atoms with Gasteiger partial charge in [-0.2, -0.15) is 0 Å². The number of hydrogen-bond acceptors (Lipinski definition) is 0. The van der Waals surface area contributed by atoms with Crippen LogP contribution in [0.25, 0.3) is 0 Å². The van der Waals surface area contributed by atoms with Gasteiger partial charge in [0.1, 0.15) is 0 Å². The van der Waals surface area contributed by atoms with E-state index < -0.39 is 0 Å². The molecule has 0 atom stereocenters. The first-order valence-electron chi connectivity index (χ1n) is 0. The van der Waals surface area contributed by atoms with Crippen LogP contribution in [0.3, 0.4) is 0 Å². The Hall–Kier alpha value is 3.62. The average molecular weight is 175 g/mol. The van der Waals surface area contributed by atoms with E-state index in [-0.39, 0.29) is 112 Å². The van der Waals surface area contributed by atoms with Crippen molar-refractivity contribution < 1.29 is 112 Å². The zero-order valence-corrected chi connectivity index (χ0v) is 11.0. The van der Waals surface area contributed by atoms with Gasteiger partial charge in [0.05, 0.1) is 0 Å². The molecule has 0 N–H and O–H groups in total. The number of hydrogen-bond donors (Lipinski definition) is 0. The third-order valence-electron chi connectivity index (χ3n) is 0. The Morgan fingerprint density at radius 2 is 0.750 bits per heavy atom. The van der Waals surface area contributed by atoms with Crippen LogP contribution in [0.5, 0.6) is 0 Å². The predicted molar refractivity (Wildman–Crippen MR) is 3.34 cm³/mol. The van der Waals surface area contributed by atoms with Gasteiger partial charge in [-0.05, 0) is 0 Å². The van der Waals surface area contributed by atoms with Gasteiger partial charge >= 0.3 is 88.7 Å². The first-order chi connectivity index (χ1) is 0. The van der Waals surface area contributed by atoms with E-state index in [9.17, 15) is 0 Å². The smallest absolute Gasteiger partial charge is 1.00 e. The van der Waals surface area contributed by atoms with E-state index in [4.69, 9.17) is 0 Å². The fraction of sp³-hybridized carbons (Fsp3) is 0. The van der Waals surface area contributed by atoms with Crippen LogP contribution in [0, 0.1) is 0 Å². The van der Waals surface area contributed by atoms with Crippen molar-refractivity contribution in [3.8, 4) is 0 Å². The van der Waals surface area contributed by atoms with Gasteiger partial charge in [-0.25, -0.2) is 0 Å². The van der Waals surface area contributed by atoms with Crippen LogP contribution in [0.2, 0.25) is 0 Å². The molecule has 0 saturated carbocycles. The standard InChI is InChI=1S/3Na.Rh.3H/q3*+1;;3*-1. The molecule has 0 rings (SSSR count). The molecule has 15 valence electrons. The van der Waals surface area contributed by atoms with E-state index in [1.807, 2.05) is 0 Å². The van der Waals surface area contributed by atoms with Crippen molar-refractivity contribution in [2.45, 2.75) is 0 Å². The van der Waals surface area contributed by atoms with Gasteiger partial charge in [0.2, 0.25) is 0 Å². The molecule has 0 fully saturated rings. The van der Waals surface area contributed by atoms with Crippen molar-refractivity contribution in [1.82, 2.24) is 0 Å². The molecule has 0 aromatic carbocycles. The molecule has 0 unspecified atom stereocenters. The molecule has 0 aliphatic rings. The molecular formula is H3Na3Rh. The minimum Gasteiger partial charge on any atom is -1.00 e. The van der Waals surface area contributed by atoms with Gasteiger partial charge in [0.15, 0.2) is 0 Å². The molecule has 0 aromatic heterocycles. The van der Waals surface area contributed by atoms with Crippen molar-refractivity contribution in [2.75, 3.05) is 0 Å². The molecule has 0 aromatic rings. The van der Waals surface area contributed by atoms with Gasteiger partial charge in [-0.15, -0.1) is 0 Å². The van der Waals surface area contributed by atoms with Crippen molar-refractivity contribution in [1.29, 1.82) is 0 Å². The minimum absolute atomic E-state index is 0. The Morgan fingerprint density at radius 3 is 0.750 bits per heavy atom. The van der Waals surface area contributed by atoms with E-state index in [0.717, 1.165) is 0 Å². The van der Waals surface area contributed by atoms with Crippen LogP contribution < -0.4 is 88.7 Å². The van der Waals surface area contributed by atoms with Crippen molar-refractivity contribution in [2.24, 2.45) is 0 Å². The fourth-order valence-electron chi connectivity index (χ4n) is 0. The Kier molecular flexibility index (Phi) is 102. The molecule has 0 saturated heterocycles. The summed E-state index contributed by atoms with van der Waals surface area (Å²) >= 11 is 0. The molecule has 0 nitrogen and oxygen atoms in total. The van der Waals surface area contributed by atoms with Gasteiger partial charge in [-0.3, -0.25) is 0 Å². The molecule has 0 aliphatic carbocycles. The third kappa shape index (κ3) is 9.16. The molecule has 0 bridgehead atoms. The van der Waals surface area contributed by atoms with Crippen LogP contribution in [0.15, 0.2) is 0 Å². The zero-order valence-electron chi connectivity index (χ0n) is 6.33. The SMILES string of the molecule is [H-].[H-].[H-].[Na+].[Na+].[Na+].[Rh]. The zero-order chi connectivity index (χ0) is 0. The van der Waals surface area contributed by atoms with Crippen LogP contribution >= 0.6 is 0 Å². The fourth-order valence-corrected chi connectivity index (χ4v) is 0.